The summed E-state index contributed by atoms with van der Waals surface area (Å²) in [5, 5.41) is 3.06. The lowest BCUT2D eigenvalue weighted by molar-refractivity contribution is -0.115. The van der Waals surface area contributed by atoms with E-state index < -0.39 is 0 Å². The van der Waals surface area contributed by atoms with E-state index in [4.69, 9.17) is 0 Å². The molecule has 0 aromatic rings. The van der Waals surface area contributed by atoms with E-state index in [0.29, 0.717) is 18.7 Å². The number of carbonyl (C=O) groups is 1. The van der Waals surface area contributed by atoms with Gasteiger partial charge in [0, 0.05) is 14.4 Å². The van der Waals surface area contributed by atoms with Crippen LogP contribution in [0.5, 0.6) is 0 Å². The fourth-order valence-electron chi connectivity index (χ4n) is 1.43. The van der Waals surface area contributed by atoms with Gasteiger partial charge in [0.2, 0.25) is 0 Å². The van der Waals surface area contributed by atoms with Crippen molar-refractivity contribution >= 4 is 5.78 Å². The molecule has 0 aromatic heterocycles. The third-order valence-electron chi connectivity index (χ3n) is 2.32. The lowest BCUT2D eigenvalue weighted by Crippen LogP contribution is -2.21. The number of hydrogen-bond acceptors (Lipinski definition) is 2. The first kappa shape index (κ1) is 11.5. The average molecular weight is 205 g/mol. The second kappa shape index (κ2) is 6.05. The molecule has 82 valence electrons. The summed E-state index contributed by atoms with van der Waals surface area (Å²) in [5.41, 5.74) is 4.36. The molecule has 1 aliphatic carbocycles. The monoisotopic (exact) mass is 205 g/mol. The molecule has 0 heterocycles. The van der Waals surface area contributed by atoms with Crippen LogP contribution in [0, 0.1) is 0 Å². The lowest BCUT2D eigenvalue weighted by Gasteiger charge is -2.10. The fourth-order valence-corrected chi connectivity index (χ4v) is 1.43. The van der Waals surface area contributed by atoms with Crippen LogP contribution in [-0.4, -0.2) is 12.3 Å². The van der Waals surface area contributed by atoms with E-state index in [0.717, 1.165) is 12.8 Å². The molecule has 0 spiro atoms. The van der Waals surface area contributed by atoms with Crippen LogP contribution in [0.15, 0.2) is 41.8 Å². The number of allylic oxidation sites excluding steroid dienone is 3. The molecule has 0 unspecified atom stereocenters. The van der Waals surface area contributed by atoms with Gasteiger partial charge in [-0.2, -0.15) is 0 Å². The van der Waals surface area contributed by atoms with E-state index >= 15 is 0 Å². The largest absolute Gasteiger partial charge is 0.372 e. The Balaban J connectivity index is 0.00000225. The highest BCUT2D eigenvalue weighted by Gasteiger charge is 2.05. The van der Waals surface area contributed by atoms with Gasteiger partial charge in [-0.15, -0.1) is 0 Å². The van der Waals surface area contributed by atoms with Crippen molar-refractivity contribution < 1.29 is 6.22 Å². The standard InChI is InChI=1S/C13H17NO.H2/c1-3-12(13(15)4-2)14-10-11-8-6-5-7-9-11;/h6,8-9,14H,1,4-5,7,10H2,2H3;1H. The second-order valence-corrected chi connectivity index (χ2v) is 3.44. The summed E-state index contributed by atoms with van der Waals surface area (Å²) in [6, 6.07) is 0. The molecule has 0 atom stereocenters. The Labute approximate surface area is 92.6 Å². The molecule has 1 aliphatic rings. The summed E-state index contributed by atoms with van der Waals surface area (Å²) in [5.74, 6) is 0.0605. The van der Waals surface area contributed by atoms with Gasteiger partial charge >= 0.3 is 0 Å². The van der Waals surface area contributed by atoms with Gasteiger partial charge in [0.05, 0.1) is 0 Å². The van der Waals surface area contributed by atoms with Crippen molar-refractivity contribution in [2.24, 2.45) is 0 Å². The van der Waals surface area contributed by atoms with Gasteiger partial charge < -0.3 is 5.32 Å². The lowest BCUT2D eigenvalue weighted by atomic mass is 10.1. The first-order chi connectivity index (χ1) is 7.27. The van der Waals surface area contributed by atoms with E-state index in [2.05, 4.69) is 35.9 Å². The van der Waals surface area contributed by atoms with E-state index in [1.165, 1.54) is 5.57 Å². The Hall–Kier alpha value is -1.53. The Morgan fingerprint density at radius 3 is 3.00 bits per heavy atom. The van der Waals surface area contributed by atoms with Gasteiger partial charge in [-0.1, -0.05) is 37.5 Å². The average Bonchev–Trinajstić information content (AvgIpc) is 2.31. The van der Waals surface area contributed by atoms with E-state index in [9.17, 15) is 4.79 Å². The number of Topliss-reactive ketones (excluding diaryl/α,β-unsaturated/α-hetero) is 1. The van der Waals surface area contributed by atoms with Gasteiger partial charge in [-0.05, 0) is 18.4 Å². The molecule has 1 N–H and O–H groups in total. The maximum Gasteiger partial charge on any atom is 0.186 e. The van der Waals surface area contributed by atoms with Crippen molar-refractivity contribution in [3.63, 3.8) is 0 Å². The fraction of sp³-hybridized carbons (Fsp3) is 0.385. The van der Waals surface area contributed by atoms with Crippen molar-refractivity contribution in [3.8, 4) is 0 Å². The first-order valence-corrected chi connectivity index (χ1v) is 5.30. The molecule has 2 heteroatoms. The van der Waals surface area contributed by atoms with Crippen LogP contribution >= 0.6 is 0 Å². The quantitative estimate of drug-likeness (QED) is 0.552. The van der Waals surface area contributed by atoms with E-state index in [1.54, 1.807) is 0 Å². The van der Waals surface area contributed by atoms with Crippen LogP contribution in [-0.2, 0) is 4.79 Å². The van der Waals surface area contributed by atoms with Crippen LogP contribution in [0.3, 0.4) is 0 Å². The molecule has 2 nitrogen and oxygen atoms in total. The molecule has 0 saturated heterocycles. The molecule has 0 saturated carbocycles. The van der Waals surface area contributed by atoms with Gasteiger partial charge in [0.1, 0.15) is 5.70 Å². The maximum absolute atomic E-state index is 11.4. The van der Waals surface area contributed by atoms with E-state index in [-0.39, 0.29) is 7.21 Å². The van der Waals surface area contributed by atoms with Crippen LogP contribution < -0.4 is 5.32 Å². The number of hydrogen-bond donors (Lipinski definition) is 1. The summed E-state index contributed by atoms with van der Waals surface area (Å²) in [4.78, 5) is 11.4. The molecule has 0 bridgehead atoms. The normalized spacial score (nSPS) is 14.1. The van der Waals surface area contributed by atoms with Gasteiger partial charge in [-0.25, -0.2) is 0 Å². The van der Waals surface area contributed by atoms with Crippen molar-refractivity contribution in [2.45, 2.75) is 26.2 Å². The maximum atomic E-state index is 11.4. The van der Waals surface area contributed by atoms with Crippen molar-refractivity contribution in [3.05, 3.63) is 41.8 Å². The molecule has 1 rings (SSSR count). The highest BCUT2D eigenvalue weighted by Crippen LogP contribution is 2.08. The first-order valence-electron chi connectivity index (χ1n) is 5.30. The molecule has 0 amide bonds. The zero-order valence-electron chi connectivity index (χ0n) is 9.18. The molecule has 15 heavy (non-hydrogen) atoms. The van der Waals surface area contributed by atoms with Crippen LogP contribution in [0.4, 0.5) is 0 Å². The minimum absolute atomic E-state index is 0. The smallest absolute Gasteiger partial charge is 0.186 e. The SMILES string of the molecule is C=C=C(NCC1=CCCC=C1)C(=O)CC.[HH]. The minimum atomic E-state index is 0. The third-order valence-corrected chi connectivity index (χ3v) is 2.32. The summed E-state index contributed by atoms with van der Waals surface area (Å²) < 4.78 is 0. The van der Waals surface area contributed by atoms with Gasteiger partial charge in [0.15, 0.2) is 5.78 Å². The highest BCUT2D eigenvalue weighted by molar-refractivity contribution is 5.94. The Morgan fingerprint density at radius 2 is 2.47 bits per heavy atom. The summed E-state index contributed by atoms with van der Waals surface area (Å²) >= 11 is 0. The second-order valence-electron chi connectivity index (χ2n) is 3.44. The summed E-state index contributed by atoms with van der Waals surface area (Å²) in [7, 11) is 0. The van der Waals surface area contributed by atoms with Crippen molar-refractivity contribution in [2.75, 3.05) is 6.54 Å². The molecule has 0 radical (unpaired) electrons. The number of nitrogens with one attached hydrogen (secondary N) is 1. The molecular formula is C13H19NO. The molecule has 0 aliphatic heterocycles. The third kappa shape index (κ3) is 3.61. The predicted octanol–water partition coefficient (Wildman–Crippen LogP) is 2.75. The topological polar surface area (TPSA) is 29.1 Å². The Bertz CT molecular complexity index is 349. The molecular weight excluding hydrogens is 186 g/mol. The zero-order valence-corrected chi connectivity index (χ0v) is 9.18. The van der Waals surface area contributed by atoms with E-state index in [1.807, 2.05) is 6.92 Å². The van der Waals surface area contributed by atoms with Crippen LogP contribution in [0.2, 0.25) is 0 Å². The Kier molecular flexibility index (Phi) is 4.65. The Morgan fingerprint density at radius 1 is 1.67 bits per heavy atom. The molecule has 0 fully saturated rings. The van der Waals surface area contributed by atoms with Crippen molar-refractivity contribution in [1.82, 2.24) is 5.32 Å². The summed E-state index contributed by atoms with van der Waals surface area (Å²) in [6.07, 6.45) is 9.11. The predicted molar refractivity (Wildman–Crippen MR) is 64.5 cm³/mol. The number of carbonyl (C=O) groups excluding carboxylic acids is 1. The van der Waals surface area contributed by atoms with Crippen LogP contribution in [0.25, 0.3) is 0 Å². The summed E-state index contributed by atoms with van der Waals surface area (Å²) in [6.45, 7) is 6.03. The zero-order chi connectivity index (χ0) is 11.1. The van der Waals surface area contributed by atoms with Gasteiger partial charge in [-0.3, -0.25) is 4.79 Å². The van der Waals surface area contributed by atoms with Crippen LogP contribution in [0.1, 0.15) is 27.6 Å². The number of rotatable bonds is 5. The van der Waals surface area contributed by atoms with Crippen molar-refractivity contribution in [1.29, 1.82) is 0 Å². The minimum Gasteiger partial charge on any atom is -0.372 e. The molecule has 0 aromatic carbocycles. The number of ketones is 1. The van der Waals surface area contributed by atoms with Gasteiger partial charge in [0.25, 0.3) is 0 Å². The highest BCUT2D eigenvalue weighted by atomic mass is 16.1.